The molecule has 5 rings (SSSR count). The van der Waals surface area contributed by atoms with Gasteiger partial charge in [-0.25, -0.2) is 0 Å². The topological polar surface area (TPSA) is 15.7 Å². The van der Waals surface area contributed by atoms with Crippen LogP contribution in [0.1, 0.15) is 62.0 Å². The quantitative estimate of drug-likeness (QED) is 0.281. The number of likely N-dealkylation sites (tertiary alicyclic amines) is 2. The SMILES string of the molecule is C=CCOC1(CC2CCN(C[C@H]3CN(Cc4ccc(Cl)cc4Cl)C[C@@H]3c3ccsc3)CC2)CCCC1. The van der Waals surface area contributed by atoms with Crippen LogP contribution in [0.2, 0.25) is 10.0 Å². The molecule has 2 aromatic rings. The molecule has 0 radical (unpaired) electrons. The lowest BCUT2D eigenvalue weighted by molar-refractivity contribution is -0.0491. The molecule has 2 saturated heterocycles. The standard InChI is InChI=1S/C30H40Cl2N2OS/c1-2-14-35-30(10-3-4-11-30)17-23-7-12-33(13-8-23)19-26-20-34(21-28(26)25-9-15-36-22-25)18-24-5-6-27(31)16-29(24)32/h2,5-6,9,15-16,22-23,26,28H,1,3-4,7-8,10-14,17-21H2/t26-,28+/m0/s1. The number of rotatable bonds is 10. The maximum atomic E-state index is 6.52. The van der Waals surface area contributed by atoms with Crippen molar-refractivity contribution in [1.29, 1.82) is 0 Å². The summed E-state index contributed by atoms with van der Waals surface area (Å²) in [7, 11) is 0. The summed E-state index contributed by atoms with van der Waals surface area (Å²) in [6.07, 6.45) is 10.9. The van der Waals surface area contributed by atoms with Crippen LogP contribution in [0.5, 0.6) is 0 Å². The Bertz CT molecular complexity index is 983. The van der Waals surface area contributed by atoms with E-state index in [-0.39, 0.29) is 5.60 Å². The van der Waals surface area contributed by atoms with Gasteiger partial charge in [0.1, 0.15) is 0 Å². The van der Waals surface area contributed by atoms with Gasteiger partial charge in [0, 0.05) is 42.1 Å². The molecule has 0 unspecified atom stereocenters. The Balaban J connectivity index is 1.17. The molecule has 3 aliphatic rings. The van der Waals surface area contributed by atoms with Gasteiger partial charge in [-0.2, -0.15) is 11.3 Å². The highest BCUT2D eigenvalue weighted by Gasteiger charge is 2.39. The highest BCUT2D eigenvalue weighted by Crippen LogP contribution is 2.41. The molecule has 0 bridgehead atoms. The van der Waals surface area contributed by atoms with Gasteiger partial charge in [-0.05, 0) is 97.1 Å². The molecule has 1 aromatic heterocycles. The van der Waals surface area contributed by atoms with E-state index in [0.29, 0.717) is 23.5 Å². The van der Waals surface area contributed by atoms with Crippen molar-refractivity contribution >= 4 is 34.5 Å². The summed E-state index contributed by atoms with van der Waals surface area (Å²) in [5.41, 5.74) is 2.80. The molecule has 3 fully saturated rings. The van der Waals surface area contributed by atoms with E-state index in [1.54, 1.807) is 0 Å². The van der Waals surface area contributed by atoms with Crippen LogP contribution in [0.3, 0.4) is 0 Å². The van der Waals surface area contributed by atoms with Crippen LogP contribution in [0.15, 0.2) is 47.7 Å². The van der Waals surface area contributed by atoms with Crippen molar-refractivity contribution in [1.82, 2.24) is 9.80 Å². The van der Waals surface area contributed by atoms with Crippen molar-refractivity contribution in [3.63, 3.8) is 0 Å². The van der Waals surface area contributed by atoms with E-state index in [2.05, 4.69) is 39.3 Å². The van der Waals surface area contributed by atoms with E-state index < -0.39 is 0 Å². The zero-order valence-electron chi connectivity index (χ0n) is 21.3. The molecule has 196 valence electrons. The Hall–Kier alpha value is -0.880. The molecule has 0 amide bonds. The molecule has 2 atom stereocenters. The minimum Gasteiger partial charge on any atom is -0.371 e. The van der Waals surface area contributed by atoms with Gasteiger partial charge >= 0.3 is 0 Å². The van der Waals surface area contributed by atoms with E-state index in [9.17, 15) is 0 Å². The largest absolute Gasteiger partial charge is 0.371 e. The average molecular weight is 548 g/mol. The number of benzene rings is 1. The van der Waals surface area contributed by atoms with E-state index in [4.69, 9.17) is 27.9 Å². The lowest BCUT2D eigenvalue weighted by Gasteiger charge is -2.39. The number of halogens is 2. The van der Waals surface area contributed by atoms with E-state index in [1.165, 1.54) is 75.7 Å². The van der Waals surface area contributed by atoms with E-state index in [0.717, 1.165) is 30.6 Å². The molecular weight excluding hydrogens is 507 g/mol. The van der Waals surface area contributed by atoms with Gasteiger partial charge in [-0.15, -0.1) is 6.58 Å². The first-order valence-corrected chi connectivity index (χ1v) is 15.4. The summed E-state index contributed by atoms with van der Waals surface area (Å²) in [6, 6.07) is 8.23. The minimum atomic E-state index is 0.125. The van der Waals surface area contributed by atoms with Crippen LogP contribution in [-0.2, 0) is 11.3 Å². The zero-order valence-corrected chi connectivity index (χ0v) is 23.7. The van der Waals surface area contributed by atoms with Gasteiger partial charge in [-0.1, -0.05) is 48.2 Å². The van der Waals surface area contributed by atoms with Crippen LogP contribution in [0.25, 0.3) is 0 Å². The van der Waals surface area contributed by atoms with Gasteiger partial charge in [0.2, 0.25) is 0 Å². The molecule has 1 saturated carbocycles. The third-order valence-electron chi connectivity index (χ3n) is 8.78. The van der Waals surface area contributed by atoms with Crippen LogP contribution in [-0.4, -0.2) is 54.7 Å². The van der Waals surface area contributed by atoms with Crippen molar-refractivity contribution in [2.24, 2.45) is 11.8 Å². The van der Waals surface area contributed by atoms with Crippen LogP contribution >= 0.6 is 34.5 Å². The van der Waals surface area contributed by atoms with Gasteiger partial charge in [0.15, 0.2) is 0 Å². The molecule has 0 spiro atoms. The van der Waals surface area contributed by atoms with Crippen molar-refractivity contribution in [3.8, 4) is 0 Å². The number of ether oxygens (including phenoxy) is 1. The Morgan fingerprint density at radius 3 is 2.58 bits per heavy atom. The van der Waals surface area contributed by atoms with E-state index in [1.807, 2.05) is 29.5 Å². The monoisotopic (exact) mass is 546 g/mol. The number of nitrogens with zero attached hydrogens (tertiary/aromatic N) is 2. The second-order valence-corrected chi connectivity index (χ2v) is 12.9. The molecule has 3 heterocycles. The van der Waals surface area contributed by atoms with E-state index >= 15 is 0 Å². The Morgan fingerprint density at radius 2 is 1.89 bits per heavy atom. The summed E-state index contributed by atoms with van der Waals surface area (Å²) in [6.45, 7) is 11.3. The maximum absolute atomic E-state index is 6.52. The molecular formula is C30H40Cl2N2OS. The van der Waals surface area contributed by atoms with Gasteiger partial charge in [0.25, 0.3) is 0 Å². The minimum absolute atomic E-state index is 0.125. The summed E-state index contributed by atoms with van der Waals surface area (Å²) >= 11 is 14.5. The van der Waals surface area contributed by atoms with Crippen molar-refractivity contribution in [2.75, 3.05) is 39.3 Å². The molecule has 3 nitrogen and oxygen atoms in total. The third kappa shape index (κ3) is 6.57. The number of thiophene rings is 1. The third-order valence-corrected chi connectivity index (χ3v) is 10.1. The second kappa shape index (κ2) is 12.3. The predicted octanol–water partition coefficient (Wildman–Crippen LogP) is 7.89. The Labute approximate surface area is 231 Å². The first-order valence-electron chi connectivity index (χ1n) is 13.7. The first-order chi connectivity index (χ1) is 17.5. The normalized spacial score (nSPS) is 25.5. The van der Waals surface area contributed by atoms with Crippen LogP contribution in [0.4, 0.5) is 0 Å². The first kappa shape index (κ1) is 26.7. The molecule has 0 N–H and O–H groups in total. The fourth-order valence-electron chi connectivity index (χ4n) is 6.92. The van der Waals surface area contributed by atoms with Crippen molar-refractivity contribution in [3.05, 3.63) is 68.9 Å². The van der Waals surface area contributed by atoms with Gasteiger partial charge in [0.05, 0.1) is 12.2 Å². The Kier molecular flexibility index (Phi) is 9.14. The summed E-state index contributed by atoms with van der Waals surface area (Å²) in [5.74, 6) is 2.04. The number of piperidine rings is 1. The summed E-state index contributed by atoms with van der Waals surface area (Å²) < 4.78 is 6.35. The lowest BCUT2D eigenvalue weighted by Crippen LogP contribution is -2.41. The molecule has 2 aliphatic heterocycles. The maximum Gasteiger partial charge on any atom is 0.0689 e. The molecule has 36 heavy (non-hydrogen) atoms. The predicted molar refractivity (Wildman–Crippen MR) is 153 cm³/mol. The number of hydrogen-bond acceptors (Lipinski definition) is 4. The molecule has 6 heteroatoms. The highest BCUT2D eigenvalue weighted by atomic mass is 35.5. The van der Waals surface area contributed by atoms with Gasteiger partial charge in [-0.3, -0.25) is 4.90 Å². The smallest absolute Gasteiger partial charge is 0.0689 e. The summed E-state index contributed by atoms with van der Waals surface area (Å²) in [4.78, 5) is 5.33. The average Bonchev–Trinajstić information content (AvgIpc) is 3.63. The fourth-order valence-corrected chi connectivity index (χ4v) is 8.12. The van der Waals surface area contributed by atoms with Crippen LogP contribution < -0.4 is 0 Å². The highest BCUT2D eigenvalue weighted by molar-refractivity contribution is 7.08. The second-order valence-electron chi connectivity index (χ2n) is 11.3. The van der Waals surface area contributed by atoms with Crippen LogP contribution in [0, 0.1) is 11.8 Å². The van der Waals surface area contributed by atoms with Crippen molar-refractivity contribution < 1.29 is 4.74 Å². The summed E-state index contributed by atoms with van der Waals surface area (Å²) in [5, 5.41) is 6.06. The Morgan fingerprint density at radius 1 is 1.08 bits per heavy atom. The van der Waals surface area contributed by atoms with Crippen molar-refractivity contribution in [2.45, 2.75) is 63.0 Å². The number of hydrogen-bond donors (Lipinski definition) is 0. The molecule has 1 aliphatic carbocycles. The molecule has 1 aromatic carbocycles. The lowest BCUT2D eigenvalue weighted by atomic mass is 9.82. The van der Waals surface area contributed by atoms with Gasteiger partial charge < -0.3 is 9.64 Å². The zero-order chi connectivity index (χ0) is 25.0. The fraction of sp³-hybridized carbons (Fsp3) is 0.600.